The number of hydrogen-bond acceptors (Lipinski definition) is 4. The van der Waals surface area contributed by atoms with Crippen molar-refractivity contribution in [1.29, 1.82) is 0 Å². The summed E-state index contributed by atoms with van der Waals surface area (Å²) in [6, 6.07) is 10.4. The molecule has 0 spiro atoms. The lowest BCUT2D eigenvalue weighted by Gasteiger charge is -2.36. The number of carbonyl (C=O) groups is 1. The summed E-state index contributed by atoms with van der Waals surface area (Å²) in [6.45, 7) is 9.93. The lowest BCUT2D eigenvalue weighted by atomic mass is 10.2. The summed E-state index contributed by atoms with van der Waals surface area (Å²) >= 11 is 0. The van der Waals surface area contributed by atoms with Crippen LogP contribution in [0.1, 0.15) is 33.6 Å². The van der Waals surface area contributed by atoms with Crippen LogP contribution in [0.4, 0.5) is 10.5 Å². The van der Waals surface area contributed by atoms with Gasteiger partial charge in [-0.25, -0.2) is 4.79 Å². The average Bonchev–Trinajstić information content (AvgIpc) is 2.67. The summed E-state index contributed by atoms with van der Waals surface area (Å²) in [4.78, 5) is 22.6. The third kappa shape index (κ3) is 7.29. The van der Waals surface area contributed by atoms with Gasteiger partial charge < -0.3 is 25.2 Å². The van der Waals surface area contributed by atoms with E-state index in [0.717, 1.165) is 25.9 Å². The van der Waals surface area contributed by atoms with Gasteiger partial charge in [0.1, 0.15) is 5.60 Å². The number of ether oxygens (including phenoxy) is 1. The number of nitrogens with zero attached hydrogens (tertiary/aromatic N) is 4. The molecule has 28 heavy (non-hydrogen) atoms. The Morgan fingerprint density at radius 3 is 2.32 bits per heavy atom. The van der Waals surface area contributed by atoms with E-state index in [0.29, 0.717) is 32.1 Å². The van der Waals surface area contributed by atoms with Crippen LogP contribution in [0.3, 0.4) is 0 Å². The van der Waals surface area contributed by atoms with Crippen LogP contribution in [-0.4, -0.2) is 73.8 Å². The van der Waals surface area contributed by atoms with Crippen molar-refractivity contribution in [2.24, 2.45) is 10.7 Å². The van der Waals surface area contributed by atoms with Crippen LogP contribution < -0.4 is 10.6 Å². The molecule has 0 unspecified atom stereocenters. The molecule has 1 aromatic carbocycles. The summed E-state index contributed by atoms with van der Waals surface area (Å²) in [5.74, 6) is 0.570. The standard InChI is InChI=1S/C21H35N5O2/c1-21(2,3)28-20(27)26-16-14-25(15-17-26)19(22)23-12-8-9-13-24(4)18-10-6-5-7-11-18/h5-7,10-11H,8-9,12-17H2,1-4H3,(H2,22,23). The molecule has 1 aromatic rings. The molecule has 0 aliphatic carbocycles. The zero-order chi connectivity index (χ0) is 20.6. The summed E-state index contributed by atoms with van der Waals surface area (Å²) in [5.41, 5.74) is 6.90. The van der Waals surface area contributed by atoms with E-state index in [-0.39, 0.29) is 6.09 Å². The van der Waals surface area contributed by atoms with E-state index >= 15 is 0 Å². The van der Waals surface area contributed by atoms with Crippen LogP contribution in [0.2, 0.25) is 0 Å². The zero-order valence-electron chi connectivity index (χ0n) is 17.7. The van der Waals surface area contributed by atoms with Crippen molar-refractivity contribution in [3.05, 3.63) is 30.3 Å². The van der Waals surface area contributed by atoms with Gasteiger partial charge >= 0.3 is 6.09 Å². The molecule has 1 aliphatic heterocycles. The number of hydrogen-bond donors (Lipinski definition) is 1. The number of para-hydroxylation sites is 1. The predicted molar refractivity (Wildman–Crippen MR) is 115 cm³/mol. The van der Waals surface area contributed by atoms with Crippen LogP contribution in [0, 0.1) is 0 Å². The highest BCUT2D eigenvalue weighted by Crippen LogP contribution is 2.13. The fourth-order valence-electron chi connectivity index (χ4n) is 3.01. The van der Waals surface area contributed by atoms with E-state index in [1.54, 1.807) is 4.90 Å². The molecule has 1 amide bonds. The van der Waals surface area contributed by atoms with Crippen molar-refractivity contribution < 1.29 is 9.53 Å². The van der Waals surface area contributed by atoms with E-state index in [2.05, 4.69) is 41.2 Å². The van der Waals surface area contributed by atoms with Crippen LogP contribution >= 0.6 is 0 Å². The van der Waals surface area contributed by atoms with Gasteiger partial charge in [-0.2, -0.15) is 0 Å². The molecular weight excluding hydrogens is 354 g/mol. The number of nitrogens with two attached hydrogens (primary N) is 1. The number of aliphatic imine (C=N–C) groups is 1. The van der Waals surface area contributed by atoms with Crippen molar-refractivity contribution in [3.8, 4) is 0 Å². The van der Waals surface area contributed by atoms with Gasteiger partial charge in [-0.3, -0.25) is 4.99 Å². The molecule has 2 rings (SSSR count). The first-order valence-electron chi connectivity index (χ1n) is 10.1. The van der Waals surface area contributed by atoms with Crippen LogP contribution in [-0.2, 0) is 4.74 Å². The van der Waals surface area contributed by atoms with Gasteiger partial charge in [0.15, 0.2) is 5.96 Å². The second-order valence-corrected chi connectivity index (χ2v) is 8.16. The molecule has 2 N–H and O–H groups in total. The minimum Gasteiger partial charge on any atom is -0.444 e. The number of amides is 1. The molecule has 0 atom stereocenters. The Labute approximate surface area is 169 Å². The first-order valence-corrected chi connectivity index (χ1v) is 10.1. The summed E-state index contributed by atoms with van der Waals surface area (Å²) < 4.78 is 5.42. The normalized spacial score (nSPS) is 15.5. The maximum Gasteiger partial charge on any atom is 0.410 e. The highest BCUT2D eigenvalue weighted by atomic mass is 16.6. The molecule has 7 heteroatoms. The smallest absolute Gasteiger partial charge is 0.410 e. The lowest BCUT2D eigenvalue weighted by Crippen LogP contribution is -2.53. The highest BCUT2D eigenvalue weighted by Gasteiger charge is 2.26. The number of rotatable bonds is 6. The van der Waals surface area contributed by atoms with Gasteiger partial charge in [-0.1, -0.05) is 18.2 Å². The van der Waals surface area contributed by atoms with Crippen molar-refractivity contribution >= 4 is 17.7 Å². The van der Waals surface area contributed by atoms with Gasteiger partial charge in [0, 0.05) is 52.0 Å². The lowest BCUT2D eigenvalue weighted by molar-refractivity contribution is 0.0186. The maximum absolute atomic E-state index is 12.1. The zero-order valence-corrected chi connectivity index (χ0v) is 17.7. The minimum atomic E-state index is -0.469. The first-order chi connectivity index (χ1) is 13.3. The van der Waals surface area contributed by atoms with Gasteiger partial charge in [0.05, 0.1) is 0 Å². The van der Waals surface area contributed by atoms with E-state index in [4.69, 9.17) is 10.5 Å². The minimum absolute atomic E-state index is 0.259. The van der Waals surface area contributed by atoms with Crippen molar-refractivity contribution in [3.63, 3.8) is 0 Å². The Morgan fingerprint density at radius 1 is 1.11 bits per heavy atom. The molecule has 1 fully saturated rings. The van der Waals surface area contributed by atoms with Crippen molar-refractivity contribution in [1.82, 2.24) is 9.80 Å². The van der Waals surface area contributed by atoms with E-state index < -0.39 is 5.60 Å². The highest BCUT2D eigenvalue weighted by molar-refractivity contribution is 5.78. The Bertz CT molecular complexity index is 634. The third-order valence-electron chi connectivity index (χ3n) is 4.63. The van der Waals surface area contributed by atoms with Crippen LogP contribution in [0.15, 0.2) is 35.3 Å². The molecule has 0 radical (unpaired) electrons. The Morgan fingerprint density at radius 2 is 1.71 bits per heavy atom. The topological polar surface area (TPSA) is 74.4 Å². The summed E-state index contributed by atoms with van der Waals surface area (Å²) in [6.07, 6.45) is 1.80. The number of unbranched alkanes of at least 4 members (excludes halogenated alkanes) is 1. The number of guanidine groups is 1. The molecule has 0 bridgehead atoms. The largest absolute Gasteiger partial charge is 0.444 e. The number of benzene rings is 1. The monoisotopic (exact) mass is 389 g/mol. The second-order valence-electron chi connectivity index (χ2n) is 8.16. The third-order valence-corrected chi connectivity index (χ3v) is 4.63. The second kappa shape index (κ2) is 10.2. The molecule has 7 nitrogen and oxygen atoms in total. The van der Waals surface area contributed by atoms with Gasteiger partial charge in [-0.15, -0.1) is 0 Å². The summed E-state index contributed by atoms with van der Waals surface area (Å²) in [5, 5.41) is 0. The molecule has 0 saturated carbocycles. The van der Waals surface area contributed by atoms with Crippen molar-refractivity contribution in [2.75, 3.05) is 51.2 Å². The number of carbonyl (C=O) groups excluding carboxylic acids is 1. The molecular formula is C21H35N5O2. The number of piperazine rings is 1. The number of anilines is 1. The molecule has 156 valence electrons. The molecule has 1 saturated heterocycles. The van der Waals surface area contributed by atoms with Gasteiger partial charge in [0.25, 0.3) is 0 Å². The summed E-state index contributed by atoms with van der Waals surface area (Å²) in [7, 11) is 2.11. The quantitative estimate of drug-likeness (QED) is 0.460. The SMILES string of the molecule is CN(CCCCN=C(N)N1CCN(C(=O)OC(C)(C)C)CC1)c1ccccc1. The van der Waals surface area contributed by atoms with Crippen molar-refractivity contribution in [2.45, 2.75) is 39.2 Å². The molecule has 1 aliphatic rings. The van der Waals surface area contributed by atoms with E-state index in [9.17, 15) is 4.79 Å². The van der Waals surface area contributed by atoms with E-state index in [1.807, 2.05) is 31.7 Å². The Hall–Kier alpha value is -2.44. The Balaban J connectivity index is 1.65. The average molecular weight is 390 g/mol. The molecule has 1 heterocycles. The van der Waals surface area contributed by atoms with Crippen LogP contribution in [0.25, 0.3) is 0 Å². The fourth-order valence-corrected chi connectivity index (χ4v) is 3.01. The fraction of sp³-hybridized carbons (Fsp3) is 0.619. The van der Waals surface area contributed by atoms with Gasteiger partial charge in [0.2, 0.25) is 0 Å². The predicted octanol–water partition coefficient (Wildman–Crippen LogP) is 2.77. The first kappa shape index (κ1) is 21.9. The molecule has 0 aromatic heterocycles. The van der Waals surface area contributed by atoms with Crippen LogP contribution in [0.5, 0.6) is 0 Å². The van der Waals surface area contributed by atoms with E-state index in [1.165, 1.54) is 5.69 Å². The maximum atomic E-state index is 12.1. The van der Waals surface area contributed by atoms with Gasteiger partial charge in [-0.05, 0) is 45.7 Å². The Kier molecular flexibility index (Phi) is 7.96.